The number of hydrogen-bond acceptors (Lipinski definition) is 3. The van der Waals surface area contributed by atoms with Crippen molar-refractivity contribution in [2.75, 3.05) is 5.73 Å². The maximum absolute atomic E-state index is 12.3. The van der Waals surface area contributed by atoms with Crippen LogP contribution >= 0.6 is 0 Å². The number of fused-ring (bicyclic) bond motifs is 1. The highest BCUT2D eigenvalue weighted by molar-refractivity contribution is 6.13. The van der Waals surface area contributed by atoms with Gasteiger partial charge in [-0.2, -0.15) is 0 Å². The normalized spacial score (nSPS) is 10.7. The molecule has 0 saturated heterocycles. The fourth-order valence-electron chi connectivity index (χ4n) is 1.94. The molecule has 0 unspecified atom stereocenters. The van der Waals surface area contributed by atoms with Crippen LogP contribution in [0.25, 0.3) is 11.0 Å². The van der Waals surface area contributed by atoms with Crippen LogP contribution in [0.3, 0.4) is 0 Å². The molecule has 0 saturated carbocycles. The van der Waals surface area contributed by atoms with E-state index in [1.54, 1.807) is 30.6 Å². The molecule has 0 spiro atoms. The van der Waals surface area contributed by atoms with Crippen LogP contribution in [-0.2, 0) is 0 Å². The van der Waals surface area contributed by atoms with Crippen LogP contribution in [0.15, 0.2) is 48.8 Å². The molecular formula is C14H11N3O. The molecule has 3 rings (SSSR count). The van der Waals surface area contributed by atoms with Gasteiger partial charge in [-0.3, -0.25) is 4.79 Å². The second-order valence-electron chi connectivity index (χ2n) is 4.05. The Morgan fingerprint density at radius 3 is 2.72 bits per heavy atom. The minimum Gasteiger partial charge on any atom is -0.398 e. The molecule has 0 amide bonds. The average Bonchev–Trinajstić information content (AvgIpc) is 2.85. The van der Waals surface area contributed by atoms with Crippen molar-refractivity contribution >= 4 is 22.5 Å². The van der Waals surface area contributed by atoms with Gasteiger partial charge in [-0.25, -0.2) is 4.98 Å². The van der Waals surface area contributed by atoms with Gasteiger partial charge in [0.2, 0.25) is 0 Å². The van der Waals surface area contributed by atoms with E-state index >= 15 is 0 Å². The molecule has 18 heavy (non-hydrogen) atoms. The predicted molar refractivity (Wildman–Crippen MR) is 70.4 cm³/mol. The first-order valence-corrected chi connectivity index (χ1v) is 5.58. The number of anilines is 1. The van der Waals surface area contributed by atoms with Crippen molar-refractivity contribution in [3.63, 3.8) is 0 Å². The molecule has 0 bridgehead atoms. The molecule has 0 aliphatic carbocycles. The number of ketones is 1. The Labute approximate surface area is 103 Å². The van der Waals surface area contributed by atoms with E-state index < -0.39 is 0 Å². The topological polar surface area (TPSA) is 71.8 Å². The highest BCUT2D eigenvalue weighted by atomic mass is 16.1. The van der Waals surface area contributed by atoms with Gasteiger partial charge in [0.05, 0.1) is 17.4 Å². The van der Waals surface area contributed by atoms with Gasteiger partial charge in [-0.15, -0.1) is 0 Å². The number of imidazole rings is 1. The first kappa shape index (κ1) is 10.5. The molecule has 0 aliphatic heterocycles. The van der Waals surface area contributed by atoms with Crippen molar-refractivity contribution in [1.29, 1.82) is 0 Å². The monoisotopic (exact) mass is 237 g/mol. The Morgan fingerprint density at radius 2 is 1.94 bits per heavy atom. The summed E-state index contributed by atoms with van der Waals surface area (Å²) in [7, 11) is 0. The van der Waals surface area contributed by atoms with Crippen LogP contribution in [0.2, 0.25) is 0 Å². The van der Waals surface area contributed by atoms with Crippen LogP contribution in [0.4, 0.5) is 5.69 Å². The largest absolute Gasteiger partial charge is 0.398 e. The number of carbonyl (C=O) groups is 1. The highest BCUT2D eigenvalue weighted by Gasteiger charge is 2.13. The Bertz CT molecular complexity index is 716. The van der Waals surface area contributed by atoms with Crippen molar-refractivity contribution in [1.82, 2.24) is 9.97 Å². The quantitative estimate of drug-likeness (QED) is 0.531. The standard InChI is InChI=1S/C14H11N3O/c15-11-7-13-12(16-8-17-13)6-10(11)14(18)9-4-2-1-3-5-9/h1-8H,15H2,(H,16,17). The lowest BCUT2D eigenvalue weighted by Crippen LogP contribution is -2.05. The average molecular weight is 237 g/mol. The molecule has 4 heteroatoms. The first-order valence-electron chi connectivity index (χ1n) is 5.58. The molecule has 0 fully saturated rings. The summed E-state index contributed by atoms with van der Waals surface area (Å²) in [4.78, 5) is 19.4. The van der Waals surface area contributed by atoms with Gasteiger partial charge < -0.3 is 10.7 Å². The molecule has 3 N–H and O–H groups in total. The molecule has 0 atom stereocenters. The van der Waals surface area contributed by atoms with Gasteiger partial charge in [0.1, 0.15) is 0 Å². The number of H-pyrrole nitrogens is 1. The second-order valence-corrected chi connectivity index (χ2v) is 4.05. The van der Waals surface area contributed by atoms with E-state index in [0.29, 0.717) is 16.8 Å². The number of nitrogens with two attached hydrogens (primary N) is 1. The van der Waals surface area contributed by atoms with Gasteiger partial charge in [0, 0.05) is 16.8 Å². The van der Waals surface area contributed by atoms with Gasteiger partial charge >= 0.3 is 0 Å². The Hall–Kier alpha value is -2.62. The van der Waals surface area contributed by atoms with E-state index in [0.717, 1.165) is 11.0 Å². The smallest absolute Gasteiger partial charge is 0.195 e. The van der Waals surface area contributed by atoms with Crippen molar-refractivity contribution in [2.45, 2.75) is 0 Å². The van der Waals surface area contributed by atoms with Crippen LogP contribution in [0.1, 0.15) is 15.9 Å². The van der Waals surface area contributed by atoms with Crippen molar-refractivity contribution in [2.24, 2.45) is 0 Å². The third kappa shape index (κ3) is 1.64. The third-order valence-corrected chi connectivity index (χ3v) is 2.87. The van der Waals surface area contributed by atoms with Crippen molar-refractivity contribution in [3.05, 3.63) is 59.9 Å². The molecule has 2 aromatic carbocycles. The SMILES string of the molecule is Nc1cc2nc[nH]c2cc1C(=O)c1ccccc1. The molecule has 0 aliphatic rings. The maximum Gasteiger partial charge on any atom is 0.195 e. The van der Waals surface area contributed by atoms with E-state index in [1.165, 1.54) is 0 Å². The number of benzene rings is 2. The maximum atomic E-state index is 12.3. The zero-order valence-corrected chi connectivity index (χ0v) is 9.55. The summed E-state index contributed by atoms with van der Waals surface area (Å²) in [5, 5.41) is 0. The van der Waals surface area contributed by atoms with E-state index in [2.05, 4.69) is 9.97 Å². The van der Waals surface area contributed by atoms with Crippen molar-refractivity contribution in [3.8, 4) is 0 Å². The molecule has 1 aromatic heterocycles. The Balaban J connectivity index is 2.14. The summed E-state index contributed by atoms with van der Waals surface area (Å²) in [6.45, 7) is 0. The number of nitrogens with one attached hydrogen (secondary N) is 1. The lowest BCUT2D eigenvalue weighted by molar-refractivity contribution is 0.103. The number of nitrogen functional groups attached to an aromatic ring is 1. The van der Waals surface area contributed by atoms with Gasteiger partial charge in [0.25, 0.3) is 0 Å². The van der Waals surface area contributed by atoms with E-state index in [4.69, 9.17) is 5.73 Å². The second kappa shape index (κ2) is 4.00. The molecule has 4 nitrogen and oxygen atoms in total. The Kier molecular flexibility index (Phi) is 2.34. The lowest BCUT2D eigenvalue weighted by Gasteiger charge is -2.05. The summed E-state index contributed by atoms with van der Waals surface area (Å²) < 4.78 is 0. The lowest BCUT2D eigenvalue weighted by atomic mass is 10.0. The summed E-state index contributed by atoms with van der Waals surface area (Å²) in [5.74, 6) is -0.0791. The summed E-state index contributed by atoms with van der Waals surface area (Å²) >= 11 is 0. The van der Waals surface area contributed by atoms with Gasteiger partial charge in [-0.1, -0.05) is 30.3 Å². The summed E-state index contributed by atoms with van der Waals surface area (Å²) in [6, 6.07) is 12.5. The fourth-order valence-corrected chi connectivity index (χ4v) is 1.94. The zero-order chi connectivity index (χ0) is 12.5. The van der Waals surface area contributed by atoms with Gasteiger partial charge in [0.15, 0.2) is 5.78 Å². The molecule has 3 aromatic rings. The fraction of sp³-hybridized carbons (Fsp3) is 0. The van der Waals surface area contributed by atoms with Crippen molar-refractivity contribution < 1.29 is 4.79 Å². The van der Waals surface area contributed by atoms with Crippen LogP contribution in [-0.4, -0.2) is 15.8 Å². The van der Waals surface area contributed by atoms with Gasteiger partial charge in [-0.05, 0) is 12.1 Å². The number of rotatable bonds is 2. The zero-order valence-electron chi connectivity index (χ0n) is 9.55. The van der Waals surface area contributed by atoms with E-state index in [-0.39, 0.29) is 5.78 Å². The van der Waals surface area contributed by atoms with Crippen LogP contribution < -0.4 is 5.73 Å². The predicted octanol–water partition coefficient (Wildman–Crippen LogP) is 2.38. The third-order valence-electron chi connectivity index (χ3n) is 2.87. The Morgan fingerprint density at radius 1 is 1.17 bits per heavy atom. The number of aromatic nitrogens is 2. The van der Waals surface area contributed by atoms with E-state index in [9.17, 15) is 4.79 Å². The van der Waals surface area contributed by atoms with E-state index in [1.807, 2.05) is 18.2 Å². The summed E-state index contributed by atoms with van der Waals surface area (Å²) in [6.07, 6.45) is 1.58. The molecule has 1 heterocycles. The molecule has 88 valence electrons. The highest BCUT2D eigenvalue weighted by Crippen LogP contribution is 2.22. The number of nitrogens with zero attached hydrogens (tertiary/aromatic N) is 1. The minimum atomic E-state index is -0.0791. The van der Waals surface area contributed by atoms with Crippen LogP contribution in [0, 0.1) is 0 Å². The summed E-state index contributed by atoms with van der Waals surface area (Å²) in [5.41, 5.74) is 9.05. The number of aromatic amines is 1. The molecular weight excluding hydrogens is 226 g/mol. The molecule has 0 radical (unpaired) electrons. The number of hydrogen-bond donors (Lipinski definition) is 2. The van der Waals surface area contributed by atoms with Crippen LogP contribution in [0.5, 0.6) is 0 Å². The first-order chi connectivity index (χ1) is 8.75. The number of carbonyl (C=O) groups excluding carboxylic acids is 1. The minimum absolute atomic E-state index is 0.0791.